The summed E-state index contributed by atoms with van der Waals surface area (Å²) in [6.45, 7) is 0.502. The van der Waals surface area contributed by atoms with Gasteiger partial charge in [0.15, 0.2) is 0 Å². The molecule has 2 aromatic carbocycles. The van der Waals surface area contributed by atoms with Crippen LogP contribution in [0.25, 0.3) is 22.4 Å². The average molecular weight is 292 g/mol. The highest BCUT2D eigenvalue weighted by molar-refractivity contribution is 6.43. The number of nitrogens with zero attached hydrogens (tertiary/aromatic N) is 1. The molecule has 0 aliphatic carbocycles. The Hall–Kier alpha value is -1.55. The third kappa shape index (κ3) is 2.21. The van der Waals surface area contributed by atoms with Crippen LogP contribution in [0.4, 0.5) is 0 Å². The van der Waals surface area contributed by atoms with E-state index in [2.05, 4.69) is 9.97 Å². The second kappa shape index (κ2) is 4.85. The second-order valence-electron chi connectivity index (χ2n) is 4.24. The number of halogens is 2. The molecule has 0 aliphatic heterocycles. The first kappa shape index (κ1) is 12.5. The van der Waals surface area contributed by atoms with Gasteiger partial charge in [-0.15, -0.1) is 0 Å². The van der Waals surface area contributed by atoms with Gasteiger partial charge in [-0.2, -0.15) is 0 Å². The zero-order valence-corrected chi connectivity index (χ0v) is 11.5. The fourth-order valence-electron chi connectivity index (χ4n) is 2.00. The van der Waals surface area contributed by atoms with E-state index in [1.54, 1.807) is 6.07 Å². The summed E-state index contributed by atoms with van der Waals surface area (Å²) in [6.07, 6.45) is 0. The van der Waals surface area contributed by atoms with E-state index in [-0.39, 0.29) is 0 Å². The normalized spacial score (nSPS) is 11.1. The number of aromatic amines is 1. The summed E-state index contributed by atoms with van der Waals surface area (Å²) in [4.78, 5) is 7.77. The highest BCUT2D eigenvalue weighted by atomic mass is 35.5. The highest BCUT2D eigenvalue weighted by Crippen LogP contribution is 2.32. The number of aromatic nitrogens is 2. The lowest BCUT2D eigenvalue weighted by atomic mass is 10.2. The van der Waals surface area contributed by atoms with Crippen LogP contribution in [0, 0.1) is 0 Å². The predicted molar refractivity (Wildman–Crippen MR) is 79.4 cm³/mol. The number of hydrogen-bond acceptors (Lipinski definition) is 2. The SMILES string of the molecule is NCc1ccc2nc(-c3cccc(Cl)c3Cl)[nH]c2c1. The summed E-state index contributed by atoms with van der Waals surface area (Å²) in [5, 5.41) is 1.02. The lowest BCUT2D eigenvalue weighted by Crippen LogP contribution is -1.95. The molecule has 96 valence electrons. The first-order chi connectivity index (χ1) is 9.19. The number of H-pyrrole nitrogens is 1. The topological polar surface area (TPSA) is 54.7 Å². The molecule has 0 saturated heterocycles. The lowest BCUT2D eigenvalue weighted by Gasteiger charge is -2.01. The Morgan fingerprint density at radius 1 is 1.16 bits per heavy atom. The maximum absolute atomic E-state index is 6.20. The van der Waals surface area contributed by atoms with Crippen molar-refractivity contribution in [3.63, 3.8) is 0 Å². The van der Waals surface area contributed by atoms with E-state index >= 15 is 0 Å². The Labute approximate surface area is 120 Å². The van der Waals surface area contributed by atoms with Gasteiger partial charge in [0.25, 0.3) is 0 Å². The Balaban J connectivity index is 2.18. The number of nitrogens with two attached hydrogens (primary N) is 1. The molecule has 5 heteroatoms. The second-order valence-corrected chi connectivity index (χ2v) is 5.03. The van der Waals surface area contributed by atoms with Crippen LogP contribution in [0.2, 0.25) is 10.0 Å². The molecule has 1 aromatic heterocycles. The Morgan fingerprint density at radius 3 is 2.79 bits per heavy atom. The standard InChI is InChI=1S/C14H11Cl2N3/c15-10-3-1-2-9(13(10)16)14-18-11-5-4-8(7-17)6-12(11)19-14/h1-6H,7,17H2,(H,18,19). The van der Waals surface area contributed by atoms with Gasteiger partial charge in [0.05, 0.1) is 21.1 Å². The lowest BCUT2D eigenvalue weighted by molar-refractivity contribution is 1.07. The first-order valence-electron chi connectivity index (χ1n) is 5.82. The molecule has 0 radical (unpaired) electrons. The molecular formula is C14H11Cl2N3. The zero-order valence-electron chi connectivity index (χ0n) is 9.95. The number of benzene rings is 2. The maximum Gasteiger partial charge on any atom is 0.140 e. The first-order valence-corrected chi connectivity index (χ1v) is 6.57. The van der Waals surface area contributed by atoms with E-state index in [4.69, 9.17) is 28.9 Å². The van der Waals surface area contributed by atoms with Gasteiger partial charge in [-0.1, -0.05) is 35.3 Å². The van der Waals surface area contributed by atoms with Crippen molar-refractivity contribution in [3.8, 4) is 11.4 Å². The van der Waals surface area contributed by atoms with Gasteiger partial charge < -0.3 is 10.7 Å². The summed E-state index contributed by atoms with van der Waals surface area (Å²) < 4.78 is 0. The smallest absolute Gasteiger partial charge is 0.140 e. The summed E-state index contributed by atoms with van der Waals surface area (Å²) in [5.41, 5.74) is 9.29. The van der Waals surface area contributed by atoms with E-state index in [0.29, 0.717) is 22.4 Å². The molecule has 3 aromatic rings. The van der Waals surface area contributed by atoms with E-state index in [9.17, 15) is 0 Å². The molecule has 0 amide bonds. The molecule has 0 saturated carbocycles. The van der Waals surface area contributed by atoms with Crippen LogP contribution in [0.5, 0.6) is 0 Å². The molecule has 0 bridgehead atoms. The van der Waals surface area contributed by atoms with Crippen LogP contribution in [0.1, 0.15) is 5.56 Å². The number of fused-ring (bicyclic) bond motifs is 1. The number of imidazole rings is 1. The molecule has 0 atom stereocenters. The van der Waals surface area contributed by atoms with Gasteiger partial charge in [0, 0.05) is 12.1 Å². The molecule has 3 nitrogen and oxygen atoms in total. The summed E-state index contributed by atoms with van der Waals surface area (Å²) in [7, 11) is 0. The predicted octanol–water partition coefficient (Wildman–Crippen LogP) is 4.00. The molecule has 0 aliphatic rings. The van der Waals surface area contributed by atoms with Crippen molar-refractivity contribution in [1.82, 2.24) is 9.97 Å². The largest absolute Gasteiger partial charge is 0.338 e. The summed E-state index contributed by atoms with van der Waals surface area (Å²) in [5.74, 6) is 0.705. The number of rotatable bonds is 2. The molecular weight excluding hydrogens is 281 g/mol. The van der Waals surface area contributed by atoms with Crippen molar-refractivity contribution >= 4 is 34.2 Å². The molecule has 0 fully saturated rings. The van der Waals surface area contributed by atoms with Gasteiger partial charge in [0.1, 0.15) is 5.82 Å². The summed E-state index contributed by atoms with van der Waals surface area (Å²) in [6, 6.07) is 11.4. The zero-order chi connectivity index (χ0) is 13.4. The van der Waals surface area contributed by atoms with Crippen molar-refractivity contribution in [2.24, 2.45) is 5.73 Å². The van der Waals surface area contributed by atoms with Crippen LogP contribution < -0.4 is 5.73 Å². The quantitative estimate of drug-likeness (QED) is 0.750. The minimum atomic E-state index is 0.502. The van der Waals surface area contributed by atoms with Crippen LogP contribution in [-0.4, -0.2) is 9.97 Å². The van der Waals surface area contributed by atoms with E-state index in [1.807, 2.05) is 30.3 Å². The van der Waals surface area contributed by atoms with E-state index < -0.39 is 0 Å². The van der Waals surface area contributed by atoms with Crippen molar-refractivity contribution in [1.29, 1.82) is 0 Å². The molecule has 3 N–H and O–H groups in total. The summed E-state index contributed by atoms with van der Waals surface area (Å²) >= 11 is 12.2. The van der Waals surface area contributed by atoms with E-state index in [0.717, 1.165) is 22.2 Å². The Kier molecular flexibility index (Phi) is 3.19. The van der Waals surface area contributed by atoms with Crippen molar-refractivity contribution in [3.05, 3.63) is 52.0 Å². The van der Waals surface area contributed by atoms with Crippen molar-refractivity contribution in [2.45, 2.75) is 6.54 Å². The van der Waals surface area contributed by atoms with Gasteiger partial charge >= 0.3 is 0 Å². The minimum Gasteiger partial charge on any atom is -0.338 e. The average Bonchev–Trinajstić information content (AvgIpc) is 2.84. The fourth-order valence-corrected chi connectivity index (χ4v) is 2.39. The molecule has 19 heavy (non-hydrogen) atoms. The van der Waals surface area contributed by atoms with Crippen LogP contribution in [0.15, 0.2) is 36.4 Å². The molecule has 3 rings (SSSR count). The molecule has 1 heterocycles. The van der Waals surface area contributed by atoms with Crippen molar-refractivity contribution in [2.75, 3.05) is 0 Å². The monoisotopic (exact) mass is 291 g/mol. The van der Waals surface area contributed by atoms with E-state index in [1.165, 1.54) is 0 Å². The van der Waals surface area contributed by atoms with Crippen LogP contribution >= 0.6 is 23.2 Å². The van der Waals surface area contributed by atoms with Gasteiger partial charge in [-0.05, 0) is 29.8 Å². The van der Waals surface area contributed by atoms with Crippen molar-refractivity contribution < 1.29 is 0 Å². The minimum absolute atomic E-state index is 0.502. The van der Waals surface area contributed by atoms with Crippen LogP contribution in [-0.2, 0) is 6.54 Å². The van der Waals surface area contributed by atoms with Crippen LogP contribution in [0.3, 0.4) is 0 Å². The van der Waals surface area contributed by atoms with Gasteiger partial charge in [-0.25, -0.2) is 4.98 Å². The fraction of sp³-hybridized carbons (Fsp3) is 0.0714. The number of nitrogens with one attached hydrogen (secondary N) is 1. The molecule has 0 unspecified atom stereocenters. The Morgan fingerprint density at radius 2 is 2.00 bits per heavy atom. The number of hydrogen-bond donors (Lipinski definition) is 2. The third-order valence-electron chi connectivity index (χ3n) is 2.99. The maximum atomic E-state index is 6.20. The third-order valence-corrected chi connectivity index (χ3v) is 3.81. The van der Waals surface area contributed by atoms with Gasteiger partial charge in [0.2, 0.25) is 0 Å². The van der Waals surface area contributed by atoms with Gasteiger partial charge in [-0.3, -0.25) is 0 Å². The Bertz CT molecular complexity index is 750. The molecule has 0 spiro atoms. The highest BCUT2D eigenvalue weighted by Gasteiger charge is 2.11.